The summed E-state index contributed by atoms with van der Waals surface area (Å²) in [6, 6.07) is 5.78. The van der Waals surface area contributed by atoms with Crippen LogP contribution in [0.3, 0.4) is 0 Å². The molecule has 1 aliphatic rings. The number of benzene rings is 1. The fraction of sp³-hybridized carbons (Fsp3) is 0.556. The van der Waals surface area contributed by atoms with Gasteiger partial charge in [0.1, 0.15) is 31.0 Å². The monoisotopic (exact) mass is 324 g/mol. The van der Waals surface area contributed by atoms with Crippen molar-refractivity contribution in [2.75, 3.05) is 26.2 Å². The fourth-order valence-electron chi connectivity index (χ4n) is 3.10. The molecular weight excluding hydrogens is 298 g/mol. The lowest BCUT2D eigenvalue weighted by atomic mass is 10.1. The van der Waals surface area contributed by atoms with Crippen LogP contribution in [0.2, 0.25) is 5.02 Å². The zero-order chi connectivity index (χ0) is 15.9. The van der Waals surface area contributed by atoms with Crippen LogP contribution in [0.4, 0.5) is 0 Å². The minimum absolute atomic E-state index is 0.357. The number of ether oxygens (including phenoxy) is 2. The lowest BCUT2D eigenvalue weighted by Crippen LogP contribution is -3.15. The number of hydrogen-bond donors (Lipinski definition) is 1. The number of quaternary nitrogens is 1. The van der Waals surface area contributed by atoms with Crippen molar-refractivity contribution in [2.45, 2.75) is 38.9 Å². The molecule has 0 aromatic heterocycles. The molecule has 2 atom stereocenters. The molecule has 0 amide bonds. The topological polar surface area (TPSA) is 22.9 Å². The van der Waals surface area contributed by atoms with E-state index in [0.717, 1.165) is 55.4 Å². The highest BCUT2D eigenvalue weighted by atomic mass is 35.5. The summed E-state index contributed by atoms with van der Waals surface area (Å²) in [5.74, 6) is 0.919. The van der Waals surface area contributed by atoms with Crippen LogP contribution in [0.5, 0.6) is 5.75 Å². The molecule has 0 radical (unpaired) electrons. The summed E-state index contributed by atoms with van der Waals surface area (Å²) >= 11 is 6.04. The second-order valence-electron chi connectivity index (χ2n) is 6.11. The summed E-state index contributed by atoms with van der Waals surface area (Å²) in [6.45, 7) is 12.1. The Kier molecular flexibility index (Phi) is 6.74. The Labute approximate surface area is 138 Å². The van der Waals surface area contributed by atoms with Crippen LogP contribution in [0, 0.1) is 0 Å². The molecule has 1 N–H and O–H groups in total. The maximum atomic E-state index is 6.04. The minimum atomic E-state index is 0.357. The molecule has 22 heavy (non-hydrogen) atoms. The summed E-state index contributed by atoms with van der Waals surface area (Å²) < 4.78 is 11.7. The number of nitrogens with one attached hydrogen (secondary N) is 1. The molecule has 1 heterocycles. The molecule has 0 spiro atoms. The Balaban J connectivity index is 1.78. The van der Waals surface area contributed by atoms with E-state index in [1.165, 1.54) is 0 Å². The van der Waals surface area contributed by atoms with Gasteiger partial charge in [-0.1, -0.05) is 17.7 Å². The van der Waals surface area contributed by atoms with Crippen molar-refractivity contribution in [3.63, 3.8) is 0 Å². The Bertz CT molecular complexity index is 482. The van der Waals surface area contributed by atoms with Gasteiger partial charge < -0.3 is 14.4 Å². The van der Waals surface area contributed by atoms with Crippen molar-refractivity contribution in [3.05, 3.63) is 41.4 Å². The Morgan fingerprint density at radius 1 is 1.36 bits per heavy atom. The average Bonchev–Trinajstić information content (AvgIpc) is 2.45. The van der Waals surface area contributed by atoms with Gasteiger partial charge in [-0.3, -0.25) is 0 Å². The van der Waals surface area contributed by atoms with Crippen molar-refractivity contribution in [3.8, 4) is 5.75 Å². The van der Waals surface area contributed by atoms with E-state index in [2.05, 4.69) is 20.4 Å². The van der Waals surface area contributed by atoms with Gasteiger partial charge in [0, 0.05) is 11.4 Å². The molecule has 2 rings (SSSR count). The maximum Gasteiger partial charge on any atom is 0.122 e. The Morgan fingerprint density at radius 2 is 2.09 bits per heavy atom. The first-order valence-corrected chi connectivity index (χ1v) is 8.47. The molecule has 1 fully saturated rings. The van der Waals surface area contributed by atoms with Gasteiger partial charge in [0.2, 0.25) is 0 Å². The van der Waals surface area contributed by atoms with Gasteiger partial charge in [0.05, 0.1) is 13.2 Å². The quantitative estimate of drug-likeness (QED) is 0.615. The third-order valence-corrected chi connectivity index (χ3v) is 4.17. The van der Waals surface area contributed by atoms with E-state index in [9.17, 15) is 0 Å². The zero-order valence-corrected chi connectivity index (χ0v) is 14.4. The molecule has 0 aliphatic carbocycles. The first-order valence-electron chi connectivity index (χ1n) is 8.09. The molecule has 1 aliphatic heterocycles. The summed E-state index contributed by atoms with van der Waals surface area (Å²) in [7, 11) is 0. The van der Waals surface area contributed by atoms with Crippen molar-refractivity contribution >= 4 is 11.6 Å². The SMILES string of the molecule is C=CCc1cc(Cl)ccc1OCCC[NH+]1C[C@@H](C)O[C@H](C)C1. The van der Waals surface area contributed by atoms with E-state index >= 15 is 0 Å². The van der Waals surface area contributed by atoms with Crippen LogP contribution in [0.25, 0.3) is 0 Å². The highest BCUT2D eigenvalue weighted by molar-refractivity contribution is 6.30. The van der Waals surface area contributed by atoms with Crippen molar-refractivity contribution in [1.29, 1.82) is 0 Å². The van der Waals surface area contributed by atoms with Crippen molar-refractivity contribution < 1.29 is 14.4 Å². The molecule has 0 unspecified atom stereocenters. The number of allylic oxidation sites excluding steroid dienone is 1. The van der Waals surface area contributed by atoms with E-state index in [0.29, 0.717) is 12.2 Å². The number of morpholine rings is 1. The van der Waals surface area contributed by atoms with Crippen LogP contribution in [-0.2, 0) is 11.2 Å². The van der Waals surface area contributed by atoms with E-state index in [1.807, 2.05) is 24.3 Å². The van der Waals surface area contributed by atoms with Gasteiger partial charge in [0.15, 0.2) is 0 Å². The van der Waals surface area contributed by atoms with Crippen LogP contribution >= 0.6 is 11.6 Å². The highest BCUT2D eigenvalue weighted by Gasteiger charge is 2.24. The number of halogens is 1. The second kappa shape index (κ2) is 8.56. The molecular formula is C18H27ClNO2+. The minimum Gasteiger partial charge on any atom is -0.493 e. The number of rotatable bonds is 7. The summed E-state index contributed by atoms with van der Waals surface area (Å²) in [5.41, 5.74) is 1.10. The van der Waals surface area contributed by atoms with Crippen molar-refractivity contribution in [2.24, 2.45) is 0 Å². The fourth-order valence-corrected chi connectivity index (χ4v) is 3.30. The van der Waals surface area contributed by atoms with Crippen LogP contribution < -0.4 is 9.64 Å². The highest BCUT2D eigenvalue weighted by Crippen LogP contribution is 2.23. The predicted octanol–water partition coefficient (Wildman–Crippen LogP) is 2.53. The summed E-state index contributed by atoms with van der Waals surface area (Å²) in [5, 5.41) is 0.741. The van der Waals surface area contributed by atoms with Crippen molar-refractivity contribution in [1.82, 2.24) is 0 Å². The zero-order valence-electron chi connectivity index (χ0n) is 13.6. The Hall–Kier alpha value is -1.03. The average molecular weight is 325 g/mol. The van der Waals surface area contributed by atoms with E-state index in [4.69, 9.17) is 21.1 Å². The molecule has 1 aromatic carbocycles. The first kappa shape index (κ1) is 17.3. The molecule has 122 valence electrons. The molecule has 4 heteroatoms. The molecule has 1 aromatic rings. The van der Waals surface area contributed by atoms with Gasteiger partial charge >= 0.3 is 0 Å². The standard InChI is InChI=1S/C18H26ClNO2/c1-4-6-16-11-17(19)7-8-18(16)21-10-5-9-20-12-14(2)22-15(3)13-20/h4,7-8,11,14-15H,1,5-6,9-10,12-13H2,2-3H3/p+1/t14-,15-/m1/s1. The molecule has 0 bridgehead atoms. The lowest BCUT2D eigenvalue weighted by molar-refractivity contribution is -0.915. The maximum absolute atomic E-state index is 6.04. The summed E-state index contributed by atoms with van der Waals surface area (Å²) in [6.07, 6.45) is 4.41. The third-order valence-electron chi connectivity index (χ3n) is 3.94. The summed E-state index contributed by atoms with van der Waals surface area (Å²) in [4.78, 5) is 1.61. The molecule has 3 nitrogen and oxygen atoms in total. The van der Waals surface area contributed by atoms with Gasteiger partial charge in [-0.15, -0.1) is 6.58 Å². The van der Waals surface area contributed by atoms with E-state index < -0.39 is 0 Å². The van der Waals surface area contributed by atoms with Crippen LogP contribution in [0.1, 0.15) is 25.8 Å². The van der Waals surface area contributed by atoms with Crippen LogP contribution in [0.15, 0.2) is 30.9 Å². The molecule has 1 saturated heterocycles. The third kappa shape index (κ3) is 5.31. The molecule has 0 saturated carbocycles. The predicted molar refractivity (Wildman–Crippen MR) is 91.0 cm³/mol. The Morgan fingerprint density at radius 3 is 2.77 bits per heavy atom. The first-order chi connectivity index (χ1) is 10.6. The van der Waals surface area contributed by atoms with E-state index in [1.54, 1.807) is 4.90 Å². The lowest BCUT2D eigenvalue weighted by Gasteiger charge is -2.32. The van der Waals surface area contributed by atoms with E-state index in [-0.39, 0.29) is 0 Å². The normalized spacial score (nSPS) is 25.0. The van der Waals surface area contributed by atoms with Gasteiger partial charge in [-0.2, -0.15) is 0 Å². The second-order valence-corrected chi connectivity index (χ2v) is 6.55. The van der Waals surface area contributed by atoms with Gasteiger partial charge in [0.25, 0.3) is 0 Å². The largest absolute Gasteiger partial charge is 0.493 e. The van der Waals surface area contributed by atoms with Gasteiger partial charge in [-0.25, -0.2) is 0 Å². The van der Waals surface area contributed by atoms with Gasteiger partial charge in [-0.05, 0) is 44.0 Å². The smallest absolute Gasteiger partial charge is 0.122 e. The number of hydrogen-bond acceptors (Lipinski definition) is 2. The van der Waals surface area contributed by atoms with Crippen LogP contribution in [-0.4, -0.2) is 38.4 Å².